The molecule has 120 valence electrons. The van der Waals surface area contributed by atoms with Crippen molar-refractivity contribution >= 4 is 32.7 Å². The van der Waals surface area contributed by atoms with E-state index in [1.807, 2.05) is 36.5 Å². The van der Waals surface area contributed by atoms with Crippen molar-refractivity contribution in [1.82, 2.24) is 14.5 Å². The molecule has 0 radical (unpaired) electrons. The van der Waals surface area contributed by atoms with Crippen molar-refractivity contribution in [3.05, 3.63) is 72.9 Å². The highest BCUT2D eigenvalue weighted by Crippen LogP contribution is 2.32. The van der Waals surface area contributed by atoms with Gasteiger partial charge in [0, 0.05) is 40.0 Å². The molecule has 0 atom stereocenters. The molecule has 0 N–H and O–H groups in total. The van der Waals surface area contributed by atoms with Gasteiger partial charge in [0.05, 0.1) is 11.0 Å². The molecule has 0 saturated heterocycles. The van der Waals surface area contributed by atoms with E-state index in [9.17, 15) is 0 Å². The summed E-state index contributed by atoms with van der Waals surface area (Å²) >= 11 is 0. The maximum absolute atomic E-state index is 4.82. The second kappa shape index (κ2) is 5.42. The monoisotopic (exact) mass is 323 g/mol. The molecule has 3 aromatic carbocycles. The molecule has 5 rings (SSSR count). The fourth-order valence-electron chi connectivity index (χ4n) is 3.64. The highest BCUT2D eigenvalue weighted by molar-refractivity contribution is 6.12. The van der Waals surface area contributed by atoms with Crippen molar-refractivity contribution in [2.75, 3.05) is 0 Å². The summed E-state index contributed by atoms with van der Waals surface area (Å²) in [6, 6.07) is 23.1. The molecule has 0 amide bonds. The molecule has 3 nitrogen and oxygen atoms in total. The molecular formula is C22H17N3. The molecule has 0 aliphatic heterocycles. The Labute approximate surface area is 145 Å². The number of nitrogens with zero attached hydrogens (tertiary/aromatic N) is 3. The minimum atomic E-state index is 0.770. The lowest BCUT2D eigenvalue weighted by molar-refractivity contribution is 0.827. The zero-order valence-corrected chi connectivity index (χ0v) is 14.0. The van der Waals surface area contributed by atoms with E-state index in [0.29, 0.717) is 0 Å². The third-order valence-corrected chi connectivity index (χ3v) is 4.82. The summed E-state index contributed by atoms with van der Waals surface area (Å²) in [5, 5.41) is 3.63. The second-order valence-corrected chi connectivity index (χ2v) is 6.25. The van der Waals surface area contributed by atoms with Crippen LogP contribution < -0.4 is 0 Å². The Morgan fingerprint density at radius 3 is 2.48 bits per heavy atom. The van der Waals surface area contributed by atoms with E-state index in [0.717, 1.165) is 28.8 Å². The zero-order valence-electron chi connectivity index (χ0n) is 14.0. The molecule has 25 heavy (non-hydrogen) atoms. The second-order valence-electron chi connectivity index (χ2n) is 6.25. The van der Waals surface area contributed by atoms with Crippen LogP contribution in [0.15, 0.2) is 72.9 Å². The van der Waals surface area contributed by atoms with Crippen LogP contribution in [-0.4, -0.2) is 14.5 Å². The summed E-state index contributed by atoms with van der Waals surface area (Å²) < 4.78 is 2.36. The molecule has 2 aromatic heterocycles. The highest BCUT2D eigenvalue weighted by Gasteiger charge is 2.11. The fraction of sp³-hybridized carbons (Fsp3) is 0.0909. The van der Waals surface area contributed by atoms with Crippen molar-refractivity contribution in [3.8, 4) is 11.4 Å². The van der Waals surface area contributed by atoms with Gasteiger partial charge in [-0.1, -0.05) is 48.5 Å². The normalized spacial score (nSPS) is 11.6. The van der Waals surface area contributed by atoms with Gasteiger partial charge < -0.3 is 4.57 Å². The Hall–Kier alpha value is -3.20. The molecule has 0 fully saturated rings. The molecule has 0 spiro atoms. The average molecular weight is 323 g/mol. The van der Waals surface area contributed by atoms with Gasteiger partial charge in [-0.3, -0.25) is 0 Å². The van der Waals surface area contributed by atoms with Gasteiger partial charge in [-0.15, -0.1) is 0 Å². The van der Waals surface area contributed by atoms with Gasteiger partial charge in [0.2, 0.25) is 0 Å². The maximum atomic E-state index is 4.82. The summed E-state index contributed by atoms with van der Waals surface area (Å²) in [6.45, 7) is 3.12. The van der Waals surface area contributed by atoms with E-state index >= 15 is 0 Å². The summed E-state index contributed by atoms with van der Waals surface area (Å²) in [5.41, 5.74) is 4.53. The first-order chi connectivity index (χ1) is 12.3. The summed E-state index contributed by atoms with van der Waals surface area (Å²) in [5.74, 6) is 0.770. The summed E-state index contributed by atoms with van der Waals surface area (Å²) in [6.07, 6.45) is 1.93. The number of aromatic nitrogens is 3. The average Bonchev–Trinajstić information content (AvgIpc) is 2.99. The van der Waals surface area contributed by atoms with Crippen LogP contribution in [-0.2, 0) is 6.54 Å². The Morgan fingerprint density at radius 2 is 1.64 bits per heavy atom. The van der Waals surface area contributed by atoms with Crippen LogP contribution in [0.25, 0.3) is 44.1 Å². The van der Waals surface area contributed by atoms with Crippen LogP contribution >= 0.6 is 0 Å². The van der Waals surface area contributed by atoms with Gasteiger partial charge in [0.1, 0.15) is 0 Å². The van der Waals surface area contributed by atoms with Crippen LogP contribution in [0.3, 0.4) is 0 Å². The van der Waals surface area contributed by atoms with Crippen LogP contribution in [0.2, 0.25) is 0 Å². The SMILES string of the molecule is CCn1c2ccccc2c2cc3cnc(-c4ccccc4)nc3cc21. The quantitative estimate of drug-likeness (QED) is 0.434. The zero-order chi connectivity index (χ0) is 16.8. The van der Waals surface area contributed by atoms with E-state index in [1.54, 1.807) is 0 Å². The lowest BCUT2D eigenvalue weighted by Crippen LogP contribution is -1.94. The highest BCUT2D eigenvalue weighted by atomic mass is 15.0. The van der Waals surface area contributed by atoms with Crippen LogP contribution in [0, 0.1) is 0 Å². The standard InChI is InChI=1S/C22H17N3/c1-2-25-20-11-7-6-10-17(20)18-12-16-14-23-22(15-8-4-3-5-9-15)24-19(16)13-21(18)25/h3-14H,2H2,1H3. The van der Waals surface area contributed by atoms with Crippen LogP contribution in [0.4, 0.5) is 0 Å². The topological polar surface area (TPSA) is 30.7 Å². The number of benzene rings is 3. The number of hydrogen-bond acceptors (Lipinski definition) is 2. The largest absolute Gasteiger partial charge is 0.341 e. The predicted octanol–water partition coefficient (Wildman–Crippen LogP) is 5.42. The van der Waals surface area contributed by atoms with Crippen molar-refractivity contribution in [3.63, 3.8) is 0 Å². The van der Waals surface area contributed by atoms with Crippen LogP contribution in [0.1, 0.15) is 6.92 Å². The Bertz CT molecular complexity index is 1220. The Balaban J connectivity index is 1.84. The van der Waals surface area contributed by atoms with Gasteiger partial charge in [0.25, 0.3) is 0 Å². The van der Waals surface area contributed by atoms with Crippen molar-refractivity contribution in [2.24, 2.45) is 0 Å². The molecule has 2 heterocycles. The number of rotatable bonds is 2. The fourth-order valence-corrected chi connectivity index (χ4v) is 3.64. The van der Waals surface area contributed by atoms with Gasteiger partial charge >= 0.3 is 0 Å². The summed E-state index contributed by atoms with van der Waals surface area (Å²) in [4.78, 5) is 9.39. The maximum Gasteiger partial charge on any atom is 0.159 e. The third kappa shape index (κ3) is 2.13. The van der Waals surface area contributed by atoms with Crippen molar-refractivity contribution in [1.29, 1.82) is 0 Å². The van der Waals surface area contributed by atoms with Crippen molar-refractivity contribution < 1.29 is 0 Å². The first-order valence-corrected chi connectivity index (χ1v) is 8.58. The minimum absolute atomic E-state index is 0.770. The van der Waals surface area contributed by atoms with E-state index in [4.69, 9.17) is 4.98 Å². The summed E-state index contributed by atoms with van der Waals surface area (Å²) in [7, 11) is 0. The molecular weight excluding hydrogens is 306 g/mol. The molecule has 0 saturated carbocycles. The lowest BCUT2D eigenvalue weighted by Gasteiger charge is -2.05. The van der Waals surface area contributed by atoms with E-state index in [2.05, 4.69) is 52.9 Å². The van der Waals surface area contributed by atoms with E-state index in [1.165, 1.54) is 21.8 Å². The third-order valence-electron chi connectivity index (χ3n) is 4.82. The van der Waals surface area contributed by atoms with E-state index in [-0.39, 0.29) is 0 Å². The molecule has 5 aromatic rings. The predicted molar refractivity (Wildman–Crippen MR) is 104 cm³/mol. The van der Waals surface area contributed by atoms with Gasteiger partial charge in [-0.25, -0.2) is 9.97 Å². The number of para-hydroxylation sites is 1. The molecule has 0 aliphatic rings. The Kier molecular flexibility index (Phi) is 3.07. The lowest BCUT2D eigenvalue weighted by atomic mass is 10.1. The van der Waals surface area contributed by atoms with Gasteiger partial charge in [-0.2, -0.15) is 0 Å². The van der Waals surface area contributed by atoms with E-state index < -0.39 is 0 Å². The first-order valence-electron chi connectivity index (χ1n) is 8.58. The van der Waals surface area contributed by atoms with Gasteiger partial charge in [-0.05, 0) is 25.1 Å². The number of fused-ring (bicyclic) bond motifs is 4. The first kappa shape index (κ1) is 14.2. The van der Waals surface area contributed by atoms with Crippen molar-refractivity contribution in [2.45, 2.75) is 13.5 Å². The molecule has 0 aliphatic carbocycles. The molecule has 0 unspecified atom stereocenters. The Morgan fingerprint density at radius 1 is 0.840 bits per heavy atom. The molecule has 0 bridgehead atoms. The van der Waals surface area contributed by atoms with Gasteiger partial charge in [0.15, 0.2) is 5.82 Å². The molecule has 3 heteroatoms. The number of hydrogen-bond donors (Lipinski definition) is 0. The van der Waals surface area contributed by atoms with Crippen LogP contribution in [0.5, 0.6) is 0 Å². The minimum Gasteiger partial charge on any atom is -0.341 e. The number of aryl methyl sites for hydroxylation is 1. The smallest absolute Gasteiger partial charge is 0.159 e.